The Labute approximate surface area is 99.9 Å². The number of methoxy groups -OCH3 is 1. The Morgan fingerprint density at radius 3 is 2.29 bits per heavy atom. The normalized spacial score (nSPS) is 33.1. The minimum absolute atomic E-state index is 0.0165. The maximum absolute atomic E-state index is 14.2. The number of hydrogen-bond donors (Lipinski definition) is 2. The van der Waals surface area contributed by atoms with E-state index in [1.807, 2.05) is 0 Å². The van der Waals surface area contributed by atoms with E-state index in [0.717, 1.165) is 0 Å². The summed E-state index contributed by atoms with van der Waals surface area (Å²) in [5.41, 5.74) is 2.51. The number of ether oxygens (including phenoxy) is 1. The molecule has 1 aliphatic rings. The van der Waals surface area contributed by atoms with Crippen LogP contribution in [0.1, 0.15) is 27.2 Å². The summed E-state index contributed by atoms with van der Waals surface area (Å²) in [6.45, 7) is 4.81. The Morgan fingerprint density at radius 2 is 1.94 bits per heavy atom. The average Bonchev–Trinajstić information content (AvgIpc) is 2.83. The Kier molecular flexibility index (Phi) is 3.47. The SMILES string of the molecule is COC(=O)[C@H](C)NC(=O)[C@@]1(N)C[C@@]1(F)C(C)C. The van der Waals surface area contributed by atoms with E-state index in [1.54, 1.807) is 13.8 Å². The molecule has 3 N–H and O–H groups in total. The minimum Gasteiger partial charge on any atom is -0.467 e. The van der Waals surface area contributed by atoms with E-state index < -0.39 is 29.1 Å². The van der Waals surface area contributed by atoms with Crippen LogP contribution in [-0.2, 0) is 14.3 Å². The number of hydrogen-bond acceptors (Lipinski definition) is 4. The molecule has 0 unspecified atom stereocenters. The van der Waals surface area contributed by atoms with E-state index in [9.17, 15) is 14.0 Å². The summed E-state index contributed by atoms with van der Waals surface area (Å²) in [6, 6.07) is -0.829. The lowest BCUT2D eigenvalue weighted by Gasteiger charge is -2.20. The zero-order chi connectivity index (χ0) is 13.4. The minimum atomic E-state index is -1.69. The fourth-order valence-corrected chi connectivity index (χ4v) is 1.91. The lowest BCUT2D eigenvalue weighted by Crippen LogP contribution is -2.53. The van der Waals surface area contributed by atoms with Crippen molar-refractivity contribution >= 4 is 11.9 Å². The van der Waals surface area contributed by atoms with Gasteiger partial charge in [0.2, 0.25) is 5.91 Å². The summed E-state index contributed by atoms with van der Waals surface area (Å²) < 4.78 is 18.6. The molecule has 3 atom stereocenters. The molecule has 17 heavy (non-hydrogen) atoms. The molecule has 0 aromatic carbocycles. The Morgan fingerprint density at radius 1 is 1.41 bits per heavy atom. The highest BCUT2D eigenvalue weighted by Gasteiger charge is 2.73. The van der Waals surface area contributed by atoms with Crippen LogP contribution in [0.3, 0.4) is 0 Å². The second kappa shape index (κ2) is 4.25. The number of alkyl halides is 1. The van der Waals surface area contributed by atoms with Gasteiger partial charge in [0.05, 0.1) is 7.11 Å². The molecular formula is C11H19FN2O3. The van der Waals surface area contributed by atoms with Crippen molar-refractivity contribution < 1.29 is 18.7 Å². The fourth-order valence-electron chi connectivity index (χ4n) is 1.91. The summed E-state index contributed by atoms with van der Waals surface area (Å²) in [5, 5.41) is 2.36. The standard InChI is InChI=1S/C11H19FN2O3/c1-6(2)10(12)5-11(10,13)9(16)14-7(3)8(15)17-4/h6-7H,5,13H2,1-4H3,(H,14,16)/t7-,10+,11-/m0/s1. The van der Waals surface area contributed by atoms with Crippen LogP contribution in [0, 0.1) is 5.92 Å². The van der Waals surface area contributed by atoms with Gasteiger partial charge in [-0.15, -0.1) is 0 Å². The second-order valence-corrected chi connectivity index (χ2v) is 4.88. The number of rotatable bonds is 4. The van der Waals surface area contributed by atoms with Crippen molar-refractivity contribution in [2.45, 2.75) is 44.4 Å². The average molecular weight is 246 g/mol. The summed E-state index contributed by atoms with van der Waals surface area (Å²) in [6.07, 6.45) is -0.0165. The zero-order valence-electron chi connectivity index (χ0n) is 10.5. The van der Waals surface area contributed by atoms with Crippen LogP contribution in [0.5, 0.6) is 0 Å². The van der Waals surface area contributed by atoms with Crippen molar-refractivity contribution in [2.75, 3.05) is 7.11 Å². The van der Waals surface area contributed by atoms with E-state index >= 15 is 0 Å². The van der Waals surface area contributed by atoms with Gasteiger partial charge in [-0.3, -0.25) is 4.79 Å². The molecule has 0 aromatic heterocycles. The number of nitrogens with two attached hydrogens (primary N) is 1. The van der Waals surface area contributed by atoms with Gasteiger partial charge in [0.1, 0.15) is 17.2 Å². The third kappa shape index (κ3) is 2.13. The summed E-state index contributed by atoms with van der Waals surface area (Å²) in [7, 11) is 1.22. The first kappa shape index (κ1) is 13.9. The fraction of sp³-hybridized carbons (Fsp3) is 0.818. The molecule has 0 radical (unpaired) electrons. The Balaban J connectivity index is 2.65. The molecule has 0 heterocycles. The van der Waals surface area contributed by atoms with Gasteiger partial charge < -0.3 is 15.8 Å². The molecule has 1 fully saturated rings. The zero-order valence-corrected chi connectivity index (χ0v) is 10.5. The van der Waals surface area contributed by atoms with Crippen LogP contribution in [0.25, 0.3) is 0 Å². The first-order chi connectivity index (χ1) is 7.69. The number of amides is 1. The molecule has 98 valence electrons. The van der Waals surface area contributed by atoms with Crippen molar-refractivity contribution in [3.05, 3.63) is 0 Å². The van der Waals surface area contributed by atoms with Crippen molar-refractivity contribution in [1.29, 1.82) is 0 Å². The molecule has 1 rings (SSSR count). The van der Waals surface area contributed by atoms with Gasteiger partial charge in [-0.05, 0) is 12.8 Å². The van der Waals surface area contributed by atoms with Gasteiger partial charge in [-0.25, -0.2) is 9.18 Å². The van der Waals surface area contributed by atoms with Crippen LogP contribution in [0.4, 0.5) is 4.39 Å². The van der Waals surface area contributed by atoms with E-state index in [-0.39, 0.29) is 12.3 Å². The number of nitrogens with one attached hydrogen (secondary N) is 1. The first-order valence-corrected chi connectivity index (χ1v) is 5.55. The highest BCUT2D eigenvalue weighted by molar-refractivity contribution is 5.94. The van der Waals surface area contributed by atoms with Gasteiger partial charge in [-0.1, -0.05) is 13.8 Å². The molecule has 0 spiro atoms. The summed E-state index contributed by atoms with van der Waals surface area (Å²) in [4.78, 5) is 22.9. The molecular weight excluding hydrogens is 227 g/mol. The summed E-state index contributed by atoms with van der Waals surface area (Å²) >= 11 is 0. The van der Waals surface area contributed by atoms with Crippen LogP contribution in [-0.4, -0.2) is 36.2 Å². The molecule has 0 aromatic rings. The Hall–Kier alpha value is -1.17. The molecule has 1 aliphatic carbocycles. The van der Waals surface area contributed by atoms with Crippen LogP contribution in [0.2, 0.25) is 0 Å². The van der Waals surface area contributed by atoms with Crippen LogP contribution in [0.15, 0.2) is 0 Å². The number of halogens is 1. The smallest absolute Gasteiger partial charge is 0.328 e. The molecule has 5 nitrogen and oxygen atoms in total. The molecule has 1 saturated carbocycles. The lowest BCUT2D eigenvalue weighted by molar-refractivity contribution is -0.145. The Bertz CT molecular complexity index is 348. The first-order valence-electron chi connectivity index (χ1n) is 5.55. The highest BCUT2D eigenvalue weighted by Crippen LogP contribution is 2.54. The van der Waals surface area contributed by atoms with Crippen molar-refractivity contribution in [3.8, 4) is 0 Å². The van der Waals surface area contributed by atoms with E-state index in [2.05, 4.69) is 10.1 Å². The molecule has 0 aliphatic heterocycles. The second-order valence-electron chi connectivity index (χ2n) is 4.88. The summed E-state index contributed by atoms with van der Waals surface area (Å²) in [5.74, 6) is -1.57. The monoisotopic (exact) mass is 246 g/mol. The van der Waals surface area contributed by atoms with Crippen molar-refractivity contribution in [2.24, 2.45) is 11.7 Å². The largest absolute Gasteiger partial charge is 0.467 e. The third-order valence-electron chi connectivity index (χ3n) is 3.38. The van der Waals surface area contributed by atoms with E-state index in [0.29, 0.717) is 0 Å². The molecule has 0 bridgehead atoms. The van der Waals surface area contributed by atoms with Crippen molar-refractivity contribution in [1.82, 2.24) is 5.32 Å². The number of esters is 1. The highest BCUT2D eigenvalue weighted by atomic mass is 19.1. The third-order valence-corrected chi connectivity index (χ3v) is 3.38. The van der Waals surface area contributed by atoms with Gasteiger partial charge in [-0.2, -0.15) is 0 Å². The predicted molar refractivity (Wildman–Crippen MR) is 59.8 cm³/mol. The van der Waals surface area contributed by atoms with Gasteiger partial charge >= 0.3 is 5.97 Å². The van der Waals surface area contributed by atoms with Gasteiger partial charge in [0.25, 0.3) is 0 Å². The number of carbonyl (C=O) groups is 2. The molecule has 1 amide bonds. The lowest BCUT2D eigenvalue weighted by atomic mass is 10.0. The maximum atomic E-state index is 14.2. The van der Waals surface area contributed by atoms with E-state index in [4.69, 9.17) is 5.73 Å². The predicted octanol–water partition coefficient (Wildman–Crippen LogP) is 0.130. The number of carbonyl (C=O) groups excluding carboxylic acids is 2. The molecule has 0 saturated heterocycles. The quantitative estimate of drug-likeness (QED) is 0.691. The molecule has 6 heteroatoms. The van der Waals surface area contributed by atoms with Crippen LogP contribution < -0.4 is 11.1 Å². The maximum Gasteiger partial charge on any atom is 0.328 e. The van der Waals surface area contributed by atoms with Gasteiger partial charge in [0.15, 0.2) is 0 Å². The van der Waals surface area contributed by atoms with Gasteiger partial charge in [0, 0.05) is 6.42 Å². The van der Waals surface area contributed by atoms with Crippen LogP contribution >= 0.6 is 0 Å². The van der Waals surface area contributed by atoms with E-state index in [1.165, 1.54) is 14.0 Å². The van der Waals surface area contributed by atoms with Crippen molar-refractivity contribution in [3.63, 3.8) is 0 Å². The topological polar surface area (TPSA) is 81.4 Å².